The average molecular weight is 270 g/mol. The molecule has 2 rings (SSSR count). The van der Waals surface area contributed by atoms with Crippen LogP contribution in [0.15, 0.2) is 0 Å². The fourth-order valence-electron chi connectivity index (χ4n) is 3.10. The topological polar surface area (TPSA) is 61.8 Å². The van der Waals surface area contributed by atoms with E-state index in [1.165, 1.54) is 0 Å². The number of ether oxygens (including phenoxy) is 1. The summed E-state index contributed by atoms with van der Waals surface area (Å²) in [4.78, 5) is 14.5. The van der Waals surface area contributed by atoms with Gasteiger partial charge in [-0.3, -0.25) is 4.79 Å². The summed E-state index contributed by atoms with van der Waals surface area (Å²) in [5.41, 5.74) is 0. The molecule has 3 atom stereocenters. The number of hydrogen-bond donors (Lipinski definition) is 2. The molecule has 0 aromatic rings. The Labute approximate surface area is 115 Å². The van der Waals surface area contributed by atoms with Crippen LogP contribution in [0.1, 0.15) is 26.7 Å². The lowest BCUT2D eigenvalue weighted by Crippen LogP contribution is -2.48. The molecule has 1 amide bonds. The molecule has 2 heterocycles. The molecule has 2 aliphatic heterocycles. The van der Waals surface area contributed by atoms with E-state index < -0.39 is 0 Å². The fraction of sp³-hybridized carbons (Fsp3) is 0.929. The second-order valence-corrected chi connectivity index (χ2v) is 5.71. The van der Waals surface area contributed by atoms with E-state index in [4.69, 9.17) is 4.74 Å². The molecule has 19 heavy (non-hydrogen) atoms. The second-order valence-electron chi connectivity index (χ2n) is 5.71. The molecule has 0 aliphatic carbocycles. The van der Waals surface area contributed by atoms with E-state index in [0.29, 0.717) is 19.1 Å². The van der Waals surface area contributed by atoms with Crippen molar-refractivity contribution in [3.8, 4) is 0 Å². The summed E-state index contributed by atoms with van der Waals surface area (Å²) < 4.78 is 5.44. The third-order valence-corrected chi connectivity index (χ3v) is 4.40. The Balaban J connectivity index is 1.87. The molecule has 0 aromatic carbocycles. The maximum Gasteiger partial charge on any atom is 0.229 e. The van der Waals surface area contributed by atoms with Gasteiger partial charge in [0.05, 0.1) is 25.2 Å². The highest BCUT2D eigenvalue weighted by Crippen LogP contribution is 2.24. The van der Waals surface area contributed by atoms with E-state index in [2.05, 4.69) is 5.32 Å². The van der Waals surface area contributed by atoms with E-state index in [9.17, 15) is 9.90 Å². The van der Waals surface area contributed by atoms with Crippen LogP contribution in [-0.2, 0) is 9.53 Å². The SMILES string of the molecule is CCNC1COCC1C(=O)N1CCC(C(C)O)CC1. The van der Waals surface area contributed by atoms with Gasteiger partial charge in [-0.25, -0.2) is 0 Å². The van der Waals surface area contributed by atoms with Crippen molar-refractivity contribution < 1.29 is 14.6 Å². The van der Waals surface area contributed by atoms with Crippen molar-refractivity contribution in [2.45, 2.75) is 38.8 Å². The summed E-state index contributed by atoms with van der Waals surface area (Å²) in [5.74, 6) is 0.518. The number of aliphatic hydroxyl groups is 1. The zero-order valence-electron chi connectivity index (χ0n) is 12.0. The van der Waals surface area contributed by atoms with Crippen LogP contribution in [0.2, 0.25) is 0 Å². The molecule has 0 spiro atoms. The number of hydrogen-bond acceptors (Lipinski definition) is 4. The van der Waals surface area contributed by atoms with Gasteiger partial charge in [-0.2, -0.15) is 0 Å². The van der Waals surface area contributed by atoms with Crippen molar-refractivity contribution in [3.05, 3.63) is 0 Å². The van der Waals surface area contributed by atoms with E-state index in [1.807, 2.05) is 18.7 Å². The second kappa shape index (κ2) is 6.68. The lowest BCUT2D eigenvalue weighted by molar-refractivity contribution is -0.138. The average Bonchev–Trinajstić information content (AvgIpc) is 2.87. The number of carbonyl (C=O) groups is 1. The molecule has 0 bridgehead atoms. The number of amides is 1. The molecule has 2 aliphatic rings. The molecule has 5 nitrogen and oxygen atoms in total. The molecule has 0 saturated carbocycles. The molecule has 0 radical (unpaired) electrons. The smallest absolute Gasteiger partial charge is 0.229 e. The normalized spacial score (nSPS) is 30.6. The Hall–Kier alpha value is -0.650. The Kier molecular flexibility index (Phi) is 5.19. The number of nitrogens with one attached hydrogen (secondary N) is 1. The first-order chi connectivity index (χ1) is 9.13. The van der Waals surface area contributed by atoms with Crippen molar-refractivity contribution in [2.75, 3.05) is 32.8 Å². The maximum atomic E-state index is 12.5. The molecule has 110 valence electrons. The van der Waals surface area contributed by atoms with Gasteiger partial charge in [-0.1, -0.05) is 6.92 Å². The summed E-state index contributed by atoms with van der Waals surface area (Å²) in [7, 11) is 0. The quantitative estimate of drug-likeness (QED) is 0.768. The van der Waals surface area contributed by atoms with Crippen molar-refractivity contribution in [3.63, 3.8) is 0 Å². The van der Waals surface area contributed by atoms with Crippen molar-refractivity contribution in [2.24, 2.45) is 11.8 Å². The number of likely N-dealkylation sites (tertiary alicyclic amines) is 1. The van der Waals surface area contributed by atoms with Crippen LogP contribution < -0.4 is 5.32 Å². The van der Waals surface area contributed by atoms with Gasteiger partial charge in [0, 0.05) is 19.1 Å². The van der Waals surface area contributed by atoms with Crippen LogP contribution in [-0.4, -0.2) is 60.9 Å². The number of nitrogens with zero attached hydrogens (tertiary/aromatic N) is 1. The van der Waals surface area contributed by atoms with E-state index in [-0.39, 0.29) is 24.0 Å². The fourth-order valence-corrected chi connectivity index (χ4v) is 3.10. The predicted octanol–water partition coefficient (Wildman–Crippen LogP) is 0.230. The molecule has 0 aromatic heterocycles. The molecular weight excluding hydrogens is 244 g/mol. The number of carbonyl (C=O) groups excluding carboxylic acids is 1. The van der Waals surface area contributed by atoms with Crippen molar-refractivity contribution in [1.29, 1.82) is 0 Å². The Morgan fingerprint density at radius 3 is 2.68 bits per heavy atom. The van der Waals surface area contributed by atoms with Crippen molar-refractivity contribution in [1.82, 2.24) is 10.2 Å². The van der Waals surface area contributed by atoms with Gasteiger partial charge in [0.25, 0.3) is 0 Å². The standard InChI is InChI=1S/C14H26N2O3/c1-3-15-13-9-19-8-12(13)14(18)16-6-4-11(5-7-16)10(2)17/h10-13,15,17H,3-9H2,1-2H3. The zero-order valence-corrected chi connectivity index (χ0v) is 12.0. The van der Waals surface area contributed by atoms with Crippen LogP contribution in [0.5, 0.6) is 0 Å². The minimum Gasteiger partial charge on any atom is -0.393 e. The Morgan fingerprint density at radius 1 is 1.42 bits per heavy atom. The van der Waals surface area contributed by atoms with Crippen LogP contribution in [0.4, 0.5) is 0 Å². The van der Waals surface area contributed by atoms with Crippen LogP contribution in [0, 0.1) is 11.8 Å². The number of rotatable bonds is 4. The van der Waals surface area contributed by atoms with Gasteiger partial charge in [0.15, 0.2) is 0 Å². The highest BCUT2D eigenvalue weighted by atomic mass is 16.5. The van der Waals surface area contributed by atoms with Crippen LogP contribution in [0.3, 0.4) is 0 Å². The van der Waals surface area contributed by atoms with Gasteiger partial charge in [-0.15, -0.1) is 0 Å². The highest BCUT2D eigenvalue weighted by Gasteiger charge is 2.37. The first-order valence-corrected chi connectivity index (χ1v) is 7.41. The minimum absolute atomic E-state index is 0.0388. The largest absolute Gasteiger partial charge is 0.393 e. The first-order valence-electron chi connectivity index (χ1n) is 7.41. The summed E-state index contributed by atoms with van der Waals surface area (Å²) >= 11 is 0. The maximum absolute atomic E-state index is 12.5. The monoisotopic (exact) mass is 270 g/mol. The Morgan fingerprint density at radius 2 is 2.11 bits per heavy atom. The lowest BCUT2D eigenvalue weighted by Gasteiger charge is -2.35. The molecule has 2 saturated heterocycles. The van der Waals surface area contributed by atoms with Gasteiger partial charge in [-0.05, 0) is 32.2 Å². The third-order valence-electron chi connectivity index (χ3n) is 4.40. The molecule has 5 heteroatoms. The minimum atomic E-state index is -0.262. The molecule has 2 N–H and O–H groups in total. The highest BCUT2D eigenvalue weighted by molar-refractivity contribution is 5.80. The van der Waals surface area contributed by atoms with Gasteiger partial charge < -0.3 is 20.1 Å². The van der Waals surface area contributed by atoms with Crippen molar-refractivity contribution >= 4 is 5.91 Å². The predicted molar refractivity (Wildman–Crippen MR) is 72.8 cm³/mol. The van der Waals surface area contributed by atoms with Crippen LogP contribution >= 0.6 is 0 Å². The van der Waals surface area contributed by atoms with Gasteiger partial charge in [0.2, 0.25) is 5.91 Å². The lowest BCUT2D eigenvalue weighted by atomic mass is 9.91. The molecule has 2 fully saturated rings. The summed E-state index contributed by atoms with van der Waals surface area (Å²) in [6.07, 6.45) is 1.55. The number of aliphatic hydroxyl groups excluding tert-OH is 1. The van der Waals surface area contributed by atoms with E-state index in [1.54, 1.807) is 0 Å². The van der Waals surface area contributed by atoms with Gasteiger partial charge in [0.1, 0.15) is 0 Å². The van der Waals surface area contributed by atoms with E-state index >= 15 is 0 Å². The molecular formula is C14H26N2O3. The summed E-state index contributed by atoms with van der Waals surface area (Å²) in [6, 6.07) is 0.159. The zero-order chi connectivity index (χ0) is 13.8. The van der Waals surface area contributed by atoms with Crippen LogP contribution in [0.25, 0.3) is 0 Å². The number of piperidine rings is 1. The first kappa shape index (κ1) is 14.8. The molecule has 3 unspecified atom stereocenters. The summed E-state index contributed by atoms with van der Waals surface area (Å²) in [5, 5.41) is 12.9. The number of likely N-dealkylation sites (N-methyl/N-ethyl adjacent to an activating group) is 1. The summed E-state index contributed by atoms with van der Waals surface area (Å²) in [6.45, 7) is 7.46. The van der Waals surface area contributed by atoms with E-state index in [0.717, 1.165) is 32.5 Å². The van der Waals surface area contributed by atoms with Gasteiger partial charge >= 0.3 is 0 Å². The third kappa shape index (κ3) is 3.46. The Bertz CT molecular complexity index is 301.